The Bertz CT molecular complexity index is 430. The molecular formula is C14H21N3S. The van der Waals surface area contributed by atoms with E-state index >= 15 is 0 Å². The van der Waals surface area contributed by atoms with Gasteiger partial charge in [-0.1, -0.05) is 0 Å². The third kappa shape index (κ3) is 1.95. The van der Waals surface area contributed by atoms with Gasteiger partial charge in [0.15, 0.2) is 5.13 Å². The van der Waals surface area contributed by atoms with E-state index in [2.05, 4.69) is 9.88 Å². The predicted molar refractivity (Wildman–Crippen MR) is 74.3 cm³/mol. The maximum absolute atomic E-state index is 5.74. The molecule has 1 aromatic rings. The highest BCUT2D eigenvalue weighted by atomic mass is 32.1. The molecule has 0 radical (unpaired) electrons. The zero-order valence-corrected chi connectivity index (χ0v) is 11.5. The lowest BCUT2D eigenvalue weighted by atomic mass is 9.68. The molecule has 18 heavy (non-hydrogen) atoms. The fourth-order valence-corrected chi connectivity index (χ4v) is 5.38. The topological polar surface area (TPSA) is 42.1 Å². The number of thiazole rings is 1. The Morgan fingerprint density at radius 1 is 1.17 bits per heavy atom. The van der Waals surface area contributed by atoms with Gasteiger partial charge in [-0.2, -0.15) is 0 Å². The van der Waals surface area contributed by atoms with E-state index in [1.165, 1.54) is 43.5 Å². The first kappa shape index (κ1) is 11.2. The summed E-state index contributed by atoms with van der Waals surface area (Å²) in [6.07, 6.45) is 9.37. The van der Waals surface area contributed by atoms with Gasteiger partial charge in [0.25, 0.3) is 0 Å². The zero-order valence-electron chi connectivity index (χ0n) is 10.7. The summed E-state index contributed by atoms with van der Waals surface area (Å²) < 4.78 is 0. The third-order valence-corrected chi connectivity index (χ3v) is 5.96. The average Bonchev–Trinajstić information content (AvgIpc) is 2.63. The molecular weight excluding hydrogens is 242 g/mol. The van der Waals surface area contributed by atoms with Crippen LogP contribution in [0.15, 0.2) is 6.20 Å². The number of nitrogens with two attached hydrogens (primary N) is 1. The molecule has 2 unspecified atom stereocenters. The Morgan fingerprint density at radius 2 is 1.89 bits per heavy atom. The van der Waals surface area contributed by atoms with E-state index in [-0.39, 0.29) is 0 Å². The van der Waals surface area contributed by atoms with E-state index in [4.69, 9.17) is 5.73 Å². The van der Waals surface area contributed by atoms with Crippen LogP contribution in [0.5, 0.6) is 0 Å². The Balaban J connectivity index is 1.54. The molecule has 4 fully saturated rings. The van der Waals surface area contributed by atoms with Crippen LogP contribution in [0.4, 0.5) is 5.13 Å². The average molecular weight is 263 g/mol. The van der Waals surface area contributed by atoms with Crippen molar-refractivity contribution in [2.24, 2.45) is 17.8 Å². The number of hydrogen-bond acceptors (Lipinski definition) is 4. The molecule has 2 saturated heterocycles. The van der Waals surface area contributed by atoms with E-state index in [0.717, 1.165) is 30.3 Å². The first-order chi connectivity index (χ1) is 8.76. The van der Waals surface area contributed by atoms with Crippen molar-refractivity contribution in [1.82, 2.24) is 9.88 Å². The molecule has 2 N–H and O–H groups in total. The monoisotopic (exact) mass is 263 g/mol. The number of rotatable bonds is 2. The number of nitrogen functional groups attached to an aromatic ring is 1. The van der Waals surface area contributed by atoms with Crippen LogP contribution in [0.3, 0.4) is 0 Å². The quantitative estimate of drug-likeness (QED) is 0.892. The normalized spacial score (nSPS) is 39.1. The van der Waals surface area contributed by atoms with Gasteiger partial charge in [0.2, 0.25) is 0 Å². The highest BCUT2D eigenvalue weighted by Crippen LogP contribution is 2.47. The molecule has 5 rings (SSSR count). The van der Waals surface area contributed by atoms with Crippen LogP contribution in [-0.2, 0) is 6.54 Å². The van der Waals surface area contributed by atoms with Crippen LogP contribution in [-0.4, -0.2) is 22.5 Å². The fourth-order valence-electron chi connectivity index (χ4n) is 4.67. The first-order valence-electron chi connectivity index (χ1n) is 7.20. The van der Waals surface area contributed by atoms with Gasteiger partial charge in [-0.3, -0.25) is 4.90 Å². The van der Waals surface area contributed by atoms with Gasteiger partial charge in [-0.25, -0.2) is 4.98 Å². The van der Waals surface area contributed by atoms with E-state index in [1.807, 2.05) is 6.20 Å². The summed E-state index contributed by atoms with van der Waals surface area (Å²) in [7, 11) is 0. The predicted octanol–water partition coefficient (Wildman–Crippen LogP) is 2.74. The van der Waals surface area contributed by atoms with Gasteiger partial charge in [0.1, 0.15) is 0 Å². The number of nitrogens with zero attached hydrogens (tertiary/aromatic N) is 2. The highest BCUT2D eigenvalue weighted by molar-refractivity contribution is 7.15. The lowest BCUT2D eigenvalue weighted by molar-refractivity contribution is 0.123. The molecule has 2 aliphatic carbocycles. The molecule has 0 aromatic carbocycles. The zero-order chi connectivity index (χ0) is 12.1. The highest BCUT2D eigenvalue weighted by Gasteiger charge is 2.42. The summed E-state index contributed by atoms with van der Waals surface area (Å²) in [6, 6.07) is 0.838. The summed E-state index contributed by atoms with van der Waals surface area (Å²) in [5.74, 6) is 3.03. The second-order valence-corrected chi connectivity index (χ2v) is 7.67. The maximum Gasteiger partial charge on any atom is 0.180 e. The van der Waals surface area contributed by atoms with Crippen molar-refractivity contribution in [2.75, 3.05) is 12.3 Å². The minimum atomic E-state index is 0.714. The standard InChI is InChI=1S/C14H21N3S/c15-14-16-6-13(18-14)8-17-7-11-2-9-1-10(3-11)5-12(17)4-9/h6,9-12H,1-5,7-8H2,(H2,15,16). The van der Waals surface area contributed by atoms with Crippen LogP contribution < -0.4 is 5.73 Å². The summed E-state index contributed by atoms with van der Waals surface area (Å²) in [5.41, 5.74) is 5.74. The molecule has 4 bridgehead atoms. The maximum atomic E-state index is 5.74. The molecule has 3 heterocycles. The van der Waals surface area contributed by atoms with Gasteiger partial charge < -0.3 is 5.73 Å². The van der Waals surface area contributed by atoms with Crippen molar-refractivity contribution in [3.63, 3.8) is 0 Å². The Hall–Kier alpha value is -0.610. The van der Waals surface area contributed by atoms with Crippen molar-refractivity contribution in [1.29, 1.82) is 0 Å². The second-order valence-electron chi connectivity index (χ2n) is 6.52. The molecule has 4 aliphatic rings. The van der Waals surface area contributed by atoms with Crippen LogP contribution in [0.25, 0.3) is 0 Å². The van der Waals surface area contributed by atoms with Crippen molar-refractivity contribution in [3.05, 3.63) is 11.1 Å². The van der Waals surface area contributed by atoms with E-state index in [1.54, 1.807) is 11.3 Å². The fraction of sp³-hybridized carbons (Fsp3) is 0.786. The summed E-state index contributed by atoms with van der Waals surface area (Å²) in [4.78, 5) is 8.26. The van der Waals surface area contributed by atoms with Gasteiger partial charge >= 0.3 is 0 Å². The van der Waals surface area contributed by atoms with Crippen molar-refractivity contribution >= 4 is 16.5 Å². The largest absolute Gasteiger partial charge is 0.375 e. The minimum Gasteiger partial charge on any atom is -0.375 e. The minimum absolute atomic E-state index is 0.714. The van der Waals surface area contributed by atoms with E-state index < -0.39 is 0 Å². The third-order valence-electron chi connectivity index (χ3n) is 5.15. The smallest absolute Gasteiger partial charge is 0.180 e. The van der Waals surface area contributed by atoms with E-state index in [9.17, 15) is 0 Å². The number of hydrogen-bond donors (Lipinski definition) is 1. The molecule has 2 saturated carbocycles. The molecule has 4 heteroatoms. The van der Waals surface area contributed by atoms with Crippen molar-refractivity contribution in [2.45, 2.75) is 44.7 Å². The van der Waals surface area contributed by atoms with Crippen molar-refractivity contribution in [3.8, 4) is 0 Å². The number of anilines is 1. The Kier molecular flexibility index (Phi) is 2.62. The lowest BCUT2D eigenvalue weighted by Gasteiger charge is -2.39. The first-order valence-corrected chi connectivity index (χ1v) is 8.02. The summed E-state index contributed by atoms with van der Waals surface area (Å²) >= 11 is 1.66. The molecule has 98 valence electrons. The molecule has 2 aliphatic heterocycles. The SMILES string of the molecule is Nc1ncc(CN2CC3CC4CC(C3)CC2C4)s1. The van der Waals surface area contributed by atoms with Gasteiger partial charge in [0.05, 0.1) is 0 Å². The molecule has 0 amide bonds. The number of aromatic nitrogens is 1. The number of fused-ring (bicyclic) bond motifs is 1. The Morgan fingerprint density at radius 3 is 2.56 bits per heavy atom. The second kappa shape index (κ2) is 4.20. The van der Waals surface area contributed by atoms with Crippen LogP contribution in [0.2, 0.25) is 0 Å². The summed E-state index contributed by atoms with van der Waals surface area (Å²) in [5, 5.41) is 0.714. The van der Waals surface area contributed by atoms with Gasteiger partial charge in [-0.05, 0) is 49.9 Å². The summed E-state index contributed by atoms with van der Waals surface area (Å²) in [6.45, 7) is 2.39. The molecule has 2 atom stereocenters. The van der Waals surface area contributed by atoms with Crippen LogP contribution in [0, 0.1) is 17.8 Å². The molecule has 0 spiro atoms. The molecule has 1 aromatic heterocycles. The lowest BCUT2D eigenvalue weighted by Crippen LogP contribution is -2.37. The van der Waals surface area contributed by atoms with Crippen LogP contribution in [0.1, 0.15) is 37.0 Å². The van der Waals surface area contributed by atoms with E-state index in [0.29, 0.717) is 5.13 Å². The van der Waals surface area contributed by atoms with Crippen molar-refractivity contribution < 1.29 is 0 Å². The van der Waals surface area contributed by atoms with Gasteiger partial charge in [-0.15, -0.1) is 11.3 Å². The Labute approximate surface area is 112 Å². The molecule has 3 nitrogen and oxygen atoms in total. The van der Waals surface area contributed by atoms with Crippen LogP contribution >= 0.6 is 11.3 Å². The van der Waals surface area contributed by atoms with Gasteiger partial charge in [0, 0.05) is 30.2 Å².